The van der Waals surface area contributed by atoms with Crippen LogP contribution in [0.25, 0.3) is 11.6 Å². The molecule has 1 heteroatoms. The lowest BCUT2D eigenvalue weighted by Crippen LogP contribution is -1.98. The van der Waals surface area contributed by atoms with Crippen LogP contribution in [-0.2, 0) is 6.66 Å². The smallest absolute Gasteiger partial charge is 0.0355 e. The molecule has 0 aliphatic heterocycles. The molecule has 1 radical (unpaired) electrons. The number of allylic oxidation sites excluding steroid dienone is 1. The largest absolute Gasteiger partial charge is 0.120 e. The van der Waals surface area contributed by atoms with Gasteiger partial charge in [0.25, 0.3) is 0 Å². The summed E-state index contributed by atoms with van der Waals surface area (Å²) < 4.78 is 0. The van der Waals surface area contributed by atoms with Crippen LogP contribution in [0.1, 0.15) is 36.2 Å². The Hall–Kier alpha value is -1.26. The molecule has 0 saturated heterocycles. The summed E-state index contributed by atoms with van der Waals surface area (Å²) in [6.07, 6.45) is 4.78. The molecule has 2 aromatic rings. The molecule has 1 heterocycles. The van der Waals surface area contributed by atoms with E-state index in [4.69, 9.17) is 0 Å². The maximum absolute atomic E-state index is 2.39. The summed E-state index contributed by atoms with van der Waals surface area (Å²) in [7, 11) is -0.0880. The van der Waals surface area contributed by atoms with Gasteiger partial charge in [-0.3, -0.25) is 0 Å². The van der Waals surface area contributed by atoms with E-state index in [9.17, 15) is 0 Å². The normalized spacial score (nSPS) is 15.7. The third kappa shape index (κ3) is 1.85. The molecule has 18 heavy (non-hydrogen) atoms. The highest BCUT2D eigenvalue weighted by Crippen LogP contribution is 2.48. The molecule has 1 aromatic heterocycles. The number of rotatable bonds is 3. The molecular formula is C17H18P. The lowest BCUT2D eigenvalue weighted by molar-refractivity contribution is 0.873. The summed E-state index contributed by atoms with van der Waals surface area (Å²) in [4.78, 5) is 0. The lowest BCUT2D eigenvalue weighted by atomic mass is 9.91. The molecule has 0 saturated carbocycles. The van der Waals surface area contributed by atoms with Crippen LogP contribution in [0.5, 0.6) is 0 Å². The predicted molar refractivity (Wildman–Crippen MR) is 81.7 cm³/mol. The second-order valence-corrected chi connectivity index (χ2v) is 6.88. The Morgan fingerprint density at radius 1 is 1.06 bits per heavy atom. The minimum atomic E-state index is -0.0880. The Balaban J connectivity index is 2.08. The van der Waals surface area contributed by atoms with Gasteiger partial charge in [0.1, 0.15) is 0 Å². The average Bonchev–Trinajstić information content (AvgIpc) is 2.94. The fourth-order valence-electron chi connectivity index (χ4n) is 2.77. The van der Waals surface area contributed by atoms with Gasteiger partial charge in [0, 0.05) is 5.92 Å². The summed E-state index contributed by atoms with van der Waals surface area (Å²) in [6, 6.07) is 13.3. The van der Waals surface area contributed by atoms with Gasteiger partial charge in [-0.25, -0.2) is 0 Å². The van der Waals surface area contributed by atoms with Crippen LogP contribution in [-0.4, -0.2) is 0 Å². The van der Waals surface area contributed by atoms with Crippen LogP contribution in [0.2, 0.25) is 0 Å². The van der Waals surface area contributed by atoms with Gasteiger partial charge in [-0.05, 0) is 47.0 Å². The van der Waals surface area contributed by atoms with Gasteiger partial charge < -0.3 is 0 Å². The molecule has 1 unspecified atom stereocenters. The quantitative estimate of drug-likeness (QED) is 0.678. The second-order valence-electron chi connectivity index (χ2n) is 4.88. The van der Waals surface area contributed by atoms with Crippen molar-refractivity contribution < 1.29 is 0 Å². The number of fused-ring (bicyclic) bond motifs is 1. The molecular weight excluding hydrogens is 235 g/mol. The Morgan fingerprint density at radius 2 is 1.89 bits per heavy atom. The fourth-order valence-corrected chi connectivity index (χ4v) is 4.18. The maximum atomic E-state index is 2.39. The van der Waals surface area contributed by atoms with Gasteiger partial charge in [-0.15, -0.1) is 7.53 Å². The number of hydrogen-bond acceptors (Lipinski definition) is 0. The summed E-state index contributed by atoms with van der Waals surface area (Å²) in [6.45, 7) is 4.61. The summed E-state index contributed by atoms with van der Waals surface area (Å²) in [5.74, 6) is 3.90. The highest BCUT2D eigenvalue weighted by molar-refractivity contribution is 7.48. The summed E-state index contributed by atoms with van der Waals surface area (Å²) in [5.41, 5.74) is 4.34. The van der Waals surface area contributed by atoms with Gasteiger partial charge in [-0.2, -0.15) is 0 Å². The van der Waals surface area contributed by atoms with Gasteiger partial charge >= 0.3 is 0 Å². The zero-order valence-corrected chi connectivity index (χ0v) is 11.9. The fraction of sp³-hybridized carbons (Fsp3) is 0.235. The van der Waals surface area contributed by atoms with E-state index in [-0.39, 0.29) is 7.53 Å². The van der Waals surface area contributed by atoms with Gasteiger partial charge in [-0.1, -0.05) is 49.7 Å². The summed E-state index contributed by atoms with van der Waals surface area (Å²) >= 11 is 0. The highest BCUT2D eigenvalue weighted by atomic mass is 31.1. The first-order valence-electron chi connectivity index (χ1n) is 6.60. The van der Waals surface area contributed by atoms with Crippen molar-refractivity contribution in [2.24, 2.45) is 6.66 Å². The topological polar surface area (TPSA) is 0 Å². The molecule has 1 aliphatic carbocycles. The van der Waals surface area contributed by atoms with Crippen LogP contribution in [0.4, 0.5) is 0 Å². The minimum absolute atomic E-state index is 0.0880. The Kier molecular flexibility index (Phi) is 3.14. The van der Waals surface area contributed by atoms with Crippen LogP contribution in [0.15, 0.2) is 42.2 Å². The van der Waals surface area contributed by atoms with E-state index in [0.29, 0.717) is 0 Å². The van der Waals surface area contributed by atoms with Crippen molar-refractivity contribution in [2.75, 3.05) is 0 Å². The van der Waals surface area contributed by atoms with Crippen LogP contribution >= 0.6 is 7.53 Å². The molecule has 0 N–H and O–H groups in total. The Bertz CT molecular complexity index is 589. The molecule has 1 aliphatic rings. The molecule has 0 nitrogen and oxygen atoms in total. The maximum Gasteiger partial charge on any atom is 0.0355 e. The van der Waals surface area contributed by atoms with E-state index in [0.717, 1.165) is 0 Å². The molecule has 0 bridgehead atoms. The van der Waals surface area contributed by atoms with Crippen molar-refractivity contribution in [3.8, 4) is 0 Å². The molecule has 1 atom stereocenters. The molecule has 0 amide bonds. The first kappa shape index (κ1) is 11.8. The Morgan fingerprint density at radius 3 is 2.61 bits per heavy atom. The third-order valence-corrected chi connectivity index (χ3v) is 5.40. The van der Waals surface area contributed by atoms with Crippen LogP contribution < -0.4 is 0 Å². The van der Waals surface area contributed by atoms with Crippen molar-refractivity contribution in [1.29, 1.82) is 0 Å². The zero-order chi connectivity index (χ0) is 12.5. The van der Waals surface area contributed by atoms with Gasteiger partial charge in [0.05, 0.1) is 0 Å². The van der Waals surface area contributed by atoms with Crippen molar-refractivity contribution in [1.82, 2.24) is 0 Å². The summed E-state index contributed by atoms with van der Waals surface area (Å²) in [5, 5.41) is 1.55. The van der Waals surface area contributed by atoms with Gasteiger partial charge in [0.15, 0.2) is 0 Å². The van der Waals surface area contributed by atoms with Crippen molar-refractivity contribution >= 4 is 19.2 Å². The van der Waals surface area contributed by atoms with E-state index in [1.165, 1.54) is 29.5 Å². The minimum Gasteiger partial charge on any atom is -0.120 e. The second kappa shape index (κ2) is 4.78. The van der Waals surface area contributed by atoms with Crippen LogP contribution in [0, 0.1) is 5.92 Å². The molecule has 3 rings (SSSR count). The Labute approximate surface area is 110 Å². The standard InChI is InChI=1S/C17H18P/c1-3-7-15-14-9-5-4-8-13(14)12-16(15)17-10-6-11-18(17)2/h4-6,8-12H,3,7H2,1-2H3. The van der Waals surface area contributed by atoms with E-state index >= 15 is 0 Å². The molecule has 91 valence electrons. The van der Waals surface area contributed by atoms with E-state index in [2.05, 4.69) is 61.9 Å². The van der Waals surface area contributed by atoms with E-state index < -0.39 is 0 Å². The molecule has 0 fully saturated rings. The monoisotopic (exact) mass is 253 g/mol. The van der Waals surface area contributed by atoms with Crippen LogP contribution in [0.3, 0.4) is 0 Å². The number of hydrogen-bond donors (Lipinski definition) is 0. The highest BCUT2D eigenvalue weighted by Gasteiger charge is 2.26. The lowest BCUT2D eigenvalue weighted by Gasteiger charge is -2.15. The molecule has 1 aromatic carbocycles. The van der Waals surface area contributed by atoms with Crippen molar-refractivity contribution in [3.63, 3.8) is 0 Å². The predicted octanol–water partition coefficient (Wildman–Crippen LogP) is 5.49. The van der Waals surface area contributed by atoms with Crippen molar-refractivity contribution in [2.45, 2.75) is 19.8 Å². The first-order valence-corrected chi connectivity index (χ1v) is 8.46. The van der Waals surface area contributed by atoms with E-state index in [1.54, 1.807) is 11.2 Å². The third-order valence-electron chi connectivity index (χ3n) is 3.63. The molecule has 0 spiro atoms. The SMILES string of the molecule is CCC[C]1C(c2cccp2C)=Cc2ccccc21. The average molecular weight is 253 g/mol. The number of benzene rings is 1. The van der Waals surface area contributed by atoms with E-state index in [1.807, 2.05) is 0 Å². The first-order chi connectivity index (χ1) is 8.81. The zero-order valence-electron chi connectivity index (χ0n) is 11.0. The van der Waals surface area contributed by atoms with Gasteiger partial charge in [0.2, 0.25) is 0 Å². The number of aryl methyl sites for hydroxylation is 1. The van der Waals surface area contributed by atoms with Crippen molar-refractivity contribution in [3.05, 3.63) is 64.5 Å².